The van der Waals surface area contributed by atoms with E-state index in [9.17, 15) is 9.59 Å². The van der Waals surface area contributed by atoms with Crippen LogP contribution in [0.1, 0.15) is 51.2 Å². The van der Waals surface area contributed by atoms with Crippen molar-refractivity contribution >= 4 is 23.2 Å². The molecule has 124 valence electrons. The lowest BCUT2D eigenvalue weighted by molar-refractivity contribution is 0.0766. The Kier molecular flexibility index (Phi) is 5.54. The smallest absolute Gasteiger partial charge is 0.276 e. The fourth-order valence-electron chi connectivity index (χ4n) is 2.23. The fourth-order valence-corrected chi connectivity index (χ4v) is 3.07. The van der Waals surface area contributed by atoms with Crippen molar-refractivity contribution in [3.05, 3.63) is 39.2 Å². The Bertz CT molecular complexity index is 701. The van der Waals surface area contributed by atoms with Gasteiger partial charge in [-0.1, -0.05) is 0 Å². The van der Waals surface area contributed by atoms with E-state index in [1.165, 1.54) is 11.3 Å². The number of nitrogens with zero attached hydrogens (tertiary/aromatic N) is 2. The van der Waals surface area contributed by atoms with Gasteiger partial charge in [-0.2, -0.15) is 0 Å². The van der Waals surface area contributed by atoms with Crippen LogP contribution in [0.25, 0.3) is 0 Å². The molecule has 0 bridgehead atoms. The molecule has 0 fully saturated rings. The molecule has 0 spiro atoms. The maximum atomic E-state index is 12.3. The van der Waals surface area contributed by atoms with Gasteiger partial charge in [0, 0.05) is 13.1 Å². The molecular formula is C16H21N3O3S. The van der Waals surface area contributed by atoms with Crippen LogP contribution in [0.2, 0.25) is 0 Å². The van der Waals surface area contributed by atoms with Crippen LogP contribution in [0.4, 0.5) is 0 Å². The number of thiophene rings is 1. The van der Waals surface area contributed by atoms with Crippen molar-refractivity contribution in [1.29, 1.82) is 0 Å². The van der Waals surface area contributed by atoms with E-state index in [4.69, 9.17) is 4.42 Å². The van der Waals surface area contributed by atoms with E-state index < -0.39 is 0 Å². The van der Waals surface area contributed by atoms with Crippen molar-refractivity contribution in [3.8, 4) is 0 Å². The summed E-state index contributed by atoms with van der Waals surface area (Å²) in [5, 5.41) is 4.64. The number of carbonyl (C=O) groups excluding carboxylic acids is 2. The summed E-state index contributed by atoms with van der Waals surface area (Å²) < 4.78 is 5.50. The van der Waals surface area contributed by atoms with Crippen molar-refractivity contribution in [3.63, 3.8) is 0 Å². The Balaban J connectivity index is 2.05. The second-order valence-corrected chi connectivity index (χ2v) is 6.02. The average Bonchev–Trinajstić information content (AvgIpc) is 3.11. The molecule has 2 aromatic rings. The zero-order valence-electron chi connectivity index (χ0n) is 13.8. The topological polar surface area (TPSA) is 75.4 Å². The molecule has 2 amide bonds. The highest BCUT2D eigenvalue weighted by Crippen LogP contribution is 2.16. The molecule has 0 saturated heterocycles. The Hall–Kier alpha value is -2.15. The maximum absolute atomic E-state index is 12.3. The van der Waals surface area contributed by atoms with Gasteiger partial charge in [-0.3, -0.25) is 9.59 Å². The van der Waals surface area contributed by atoms with Crippen molar-refractivity contribution in [2.75, 3.05) is 13.1 Å². The molecule has 0 saturated carbocycles. The maximum Gasteiger partial charge on any atom is 0.276 e. The summed E-state index contributed by atoms with van der Waals surface area (Å²) in [5.74, 6) is 0.493. The summed E-state index contributed by atoms with van der Waals surface area (Å²) >= 11 is 1.39. The zero-order valence-corrected chi connectivity index (χ0v) is 14.6. The first-order chi connectivity index (χ1) is 11.0. The van der Waals surface area contributed by atoms with Gasteiger partial charge in [0.15, 0.2) is 5.69 Å². The molecule has 2 rings (SSSR count). The lowest BCUT2D eigenvalue weighted by atomic mass is 10.3. The van der Waals surface area contributed by atoms with E-state index >= 15 is 0 Å². The molecule has 1 N–H and O–H groups in total. The Morgan fingerprint density at radius 1 is 1.30 bits per heavy atom. The molecule has 0 atom stereocenters. The molecule has 2 heterocycles. The molecule has 0 radical (unpaired) electrons. The number of carbonyl (C=O) groups is 2. The number of aromatic nitrogens is 1. The number of hydrogen-bond donors (Lipinski definition) is 1. The summed E-state index contributed by atoms with van der Waals surface area (Å²) in [4.78, 5) is 31.0. The van der Waals surface area contributed by atoms with E-state index in [0.29, 0.717) is 35.3 Å². The van der Waals surface area contributed by atoms with Gasteiger partial charge in [-0.25, -0.2) is 4.98 Å². The zero-order chi connectivity index (χ0) is 17.0. The lowest BCUT2D eigenvalue weighted by Gasteiger charge is -2.16. The number of amides is 2. The van der Waals surface area contributed by atoms with Gasteiger partial charge < -0.3 is 14.6 Å². The SMILES string of the molecule is CCN(CC)C(=O)c1nc(CNC(=O)c2sccc2C)oc1C. The summed E-state index contributed by atoms with van der Waals surface area (Å²) in [6, 6.07) is 1.90. The van der Waals surface area contributed by atoms with Crippen molar-refractivity contribution in [1.82, 2.24) is 15.2 Å². The first-order valence-electron chi connectivity index (χ1n) is 7.55. The van der Waals surface area contributed by atoms with E-state index in [1.54, 1.807) is 11.8 Å². The lowest BCUT2D eigenvalue weighted by Crippen LogP contribution is -2.31. The monoisotopic (exact) mass is 335 g/mol. The quantitative estimate of drug-likeness (QED) is 0.881. The molecule has 0 aliphatic rings. The molecule has 0 unspecified atom stereocenters. The minimum atomic E-state index is -0.162. The highest BCUT2D eigenvalue weighted by Gasteiger charge is 2.21. The number of nitrogens with one attached hydrogen (secondary N) is 1. The van der Waals surface area contributed by atoms with Gasteiger partial charge in [0.2, 0.25) is 5.89 Å². The molecule has 2 aromatic heterocycles. The molecular weight excluding hydrogens is 314 g/mol. The standard InChI is InChI=1S/C16H21N3O3S/c1-5-19(6-2)16(21)13-11(4)22-12(18-13)9-17-15(20)14-10(3)7-8-23-14/h7-8H,5-6,9H2,1-4H3,(H,17,20). The van der Waals surface area contributed by atoms with Gasteiger partial charge in [0.05, 0.1) is 11.4 Å². The second kappa shape index (κ2) is 7.41. The molecule has 0 aliphatic heterocycles. The largest absolute Gasteiger partial charge is 0.443 e. The normalized spacial score (nSPS) is 10.6. The van der Waals surface area contributed by atoms with E-state index in [1.807, 2.05) is 32.2 Å². The average molecular weight is 335 g/mol. The van der Waals surface area contributed by atoms with Gasteiger partial charge in [-0.15, -0.1) is 11.3 Å². The van der Waals surface area contributed by atoms with Gasteiger partial charge >= 0.3 is 0 Å². The molecule has 23 heavy (non-hydrogen) atoms. The predicted octanol–water partition coefficient (Wildman–Crippen LogP) is 2.76. The van der Waals surface area contributed by atoms with Crippen LogP contribution in [-0.2, 0) is 6.54 Å². The minimum Gasteiger partial charge on any atom is -0.443 e. The Labute approximate surface area is 139 Å². The summed E-state index contributed by atoms with van der Waals surface area (Å²) in [6.45, 7) is 8.82. The highest BCUT2D eigenvalue weighted by atomic mass is 32.1. The summed E-state index contributed by atoms with van der Waals surface area (Å²) in [7, 11) is 0. The Morgan fingerprint density at radius 3 is 2.57 bits per heavy atom. The summed E-state index contributed by atoms with van der Waals surface area (Å²) in [5.41, 5.74) is 1.25. The van der Waals surface area contributed by atoms with Crippen molar-refractivity contribution in [2.45, 2.75) is 34.2 Å². The Morgan fingerprint density at radius 2 is 2.00 bits per heavy atom. The number of hydrogen-bond acceptors (Lipinski definition) is 5. The fraction of sp³-hybridized carbons (Fsp3) is 0.438. The predicted molar refractivity (Wildman–Crippen MR) is 88.7 cm³/mol. The summed E-state index contributed by atoms with van der Waals surface area (Å²) in [6.07, 6.45) is 0. The third kappa shape index (κ3) is 3.79. The minimum absolute atomic E-state index is 0.150. The van der Waals surface area contributed by atoms with Crippen LogP contribution in [0.15, 0.2) is 15.9 Å². The van der Waals surface area contributed by atoms with Crippen LogP contribution < -0.4 is 5.32 Å². The van der Waals surface area contributed by atoms with E-state index in [2.05, 4.69) is 10.3 Å². The van der Waals surface area contributed by atoms with Crippen LogP contribution in [0, 0.1) is 13.8 Å². The van der Waals surface area contributed by atoms with Crippen LogP contribution in [-0.4, -0.2) is 34.8 Å². The van der Waals surface area contributed by atoms with Crippen LogP contribution in [0.5, 0.6) is 0 Å². The molecule has 0 aliphatic carbocycles. The first kappa shape index (κ1) is 17.2. The van der Waals surface area contributed by atoms with Crippen LogP contribution in [0.3, 0.4) is 0 Å². The van der Waals surface area contributed by atoms with E-state index in [0.717, 1.165) is 5.56 Å². The highest BCUT2D eigenvalue weighted by molar-refractivity contribution is 7.12. The van der Waals surface area contributed by atoms with Gasteiger partial charge in [0.1, 0.15) is 5.76 Å². The number of aryl methyl sites for hydroxylation is 2. The van der Waals surface area contributed by atoms with Gasteiger partial charge in [0.25, 0.3) is 11.8 Å². The van der Waals surface area contributed by atoms with Crippen LogP contribution >= 0.6 is 11.3 Å². The molecule has 7 heteroatoms. The van der Waals surface area contributed by atoms with Gasteiger partial charge in [-0.05, 0) is 44.7 Å². The molecule has 0 aromatic carbocycles. The third-order valence-corrected chi connectivity index (χ3v) is 4.58. The second-order valence-electron chi connectivity index (χ2n) is 5.11. The number of oxazole rings is 1. The number of rotatable bonds is 6. The van der Waals surface area contributed by atoms with Crippen molar-refractivity contribution < 1.29 is 14.0 Å². The van der Waals surface area contributed by atoms with E-state index in [-0.39, 0.29) is 18.4 Å². The third-order valence-electron chi connectivity index (χ3n) is 3.56. The van der Waals surface area contributed by atoms with Crippen molar-refractivity contribution in [2.24, 2.45) is 0 Å². The molecule has 6 nitrogen and oxygen atoms in total. The first-order valence-corrected chi connectivity index (χ1v) is 8.43.